The van der Waals surface area contributed by atoms with Crippen molar-refractivity contribution in [2.24, 2.45) is 0 Å². The number of piperidine rings is 1. The Bertz CT molecular complexity index is 140. The quantitative estimate of drug-likeness (QED) is 0.487. The summed E-state index contributed by atoms with van der Waals surface area (Å²) in [4.78, 5) is 11.9. The molecule has 1 saturated heterocycles. The monoisotopic (exact) mass is 207 g/mol. The zero-order valence-electron chi connectivity index (χ0n) is 5.59. The van der Waals surface area contributed by atoms with E-state index < -0.39 is 6.09 Å². The van der Waals surface area contributed by atoms with Crippen molar-refractivity contribution in [1.82, 2.24) is 4.90 Å². The van der Waals surface area contributed by atoms with Crippen LogP contribution in [0, 0.1) is 0 Å². The minimum absolute atomic E-state index is 0.0405. The fraction of sp³-hybridized carbons (Fsp3) is 0.833. The van der Waals surface area contributed by atoms with Gasteiger partial charge in [0.25, 0.3) is 0 Å². The molecule has 3 nitrogen and oxygen atoms in total. The molecule has 0 aromatic heterocycles. The highest BCUT2D eigenvalue weighted by molar-refractivity contribution is 9.09. The largest absolute Gasteiger partial charge is 0.465 e. The van der Waals surface area contributed by atoms with E-state index in [1.165, 1.54) is 4.90 Å². The molecular formula is C6H10BrNO2. The number of nitrogens with zero attached hydrogens (tertiary/aromatic N) is 1. The van der Waals surface area contributed by atoms with Gasteiger partial charge >= 0.3 is 6.09 Å². The average Bonchev–Trinajstić information content (AvgIpc) is 1.88. The molecule has 0 aromatic carbocycles. The Balaban J connectivity index is 2.47. The summed E-state index contributed by atoms with van der Waals surface area (Å²) in [5, 5.41) is 8.60. The maximum atomic E-state index is 10.5. The maximum absolute atomic E-state index is 10.5. The number of hydrogen-bond donors (Lipinski definition) is 1. The van der Waals surface area contributed by atoms with Crippen LogP contribution in [0.3, 0.4) is 0 Å². The smallest absolute Gasteiger partial charge is 0.408 e. The molecule has 0 saturated carbocycles. The van der Waals surface area contributed by atoms with Gasteiger partial charge in [-0.3, -0.25) is 4.90 Å². The average molecular weight is 208 g/mol. The van der Waals surface area contributed by atoms with Gasteiger partial charge in [-0.2, -0.15) is 0 Å². The van der Waals surface area contributed by atoms with Crippen molar-refractivity contribution in [3.63, 3.8) is 0 Å². The van der Waals surface area contributed by atoms with Gasteiger partial charge in [0, 0.05) is 6.54 Å². The summed E-state index contributed by atoms with van der Waals surface area (Å²) in [5.41, 5.74) is 0. The van der Waals surface area contributed by atoms with E-state index >= 15 is 0 Å². The van der Waals surface area contributed by atoms with E-state index in [9.17, 15) is 4.79 Å². The van der Waals surface area contributed by atoms with E-state index in [1.54, 1.807) is 0 Å². The Kier molecular flexibility index (Phi) is 2.54. The zero-order valence-corrected chi connectivity index (χ0v) is 7.17. The molecule has 1 amide bonds. The second-order valence-corrected chi connectivity index (χ2v) is 3.46. The third kappa shape index (κ3) is 1.62. The van der Waals surface area contributed by atoms with Crippen LogP contribution in [0.2, 0.25) is 0 Å². The SMILES string of the molecule is O=C(O)N1CCCCC1Br. The lowest BCUT2D eigenvalue weighted by Crippen LogP contribution is -2.39. The Morgan fingerprint density at radius 1 is 1.60 bits per heavy atom. The van der Waals surface area contributed by atoms with Crippen molar-refractivity contribution in [3.8, 4) is 0 Å². The first-order valence-corrected chi connectivity index (χ1v) is 4.27. The Morgan fingerprint density at radius 3 is 2.70 bits per heavy atom. The lowest BCUT2D eigenvalue weighted by molar-refractivity contribution is 0.130. The second-order valence-electron chi connectivity index (χ2n) is 2.41. The molecule has 0 radical (unpaired) electrons. The molecule has 0 aliphatic carbocycles. The molecule has 0 bridgehead atoms. The summed E-state index contributed by atoms with van der Waals surface area (Å²) in [6.07, 6.45) is 2.24. The molecule has 58 valence electrons. The van der Waals surface area contributed by atoms with Gasteiger partial charge in [-0.05, 0) is 19.3 Å². The normalized spacial score (nSPS) is 26.5. The Labute approximate surface area is 68.1 Å². The highest BCUT2D eigenvalue weighted by Crippen LogP contribution is 2.20. The summed E-state index contributed by atoms with van der Waals surface area (Å²) in [6.45, 7) is 0.672. The minimum atomic E-state index is -0.818. The van der Waals surface area contributed by atoms with E-state index in [4.69, 9.17) is 5.11 Å². The first-order valence-electron chi connectivity index (χ1n) is 3.35. The summed E-state index contributed by atoms with van der Waals surface area (Å²) in [7, 11) is 0. The van der Waals surface area contributed by atoms with Gasteiger partial charge in [-0.15, -0.1) is 0 Å². The molecule has 10 heavy (non-hydrogen) atoms. The molecule has 1 fully saturated rings. The van der Waals surface area contributed by atoms with Gasteiger partial charge in [0.15, 0.2) is 0 Å². The molecule has 1 aliphatic heterocycles. The van der Waals surface area contributed by atoms with Crippen LogP contribution in [0.1, 0.15) is 19.3 Å². The maximum Gasteiger partial charge on any atom is 0.408 e. The van der Waals surface area contributed by atoms with Crippen LogP contribution in [0.15, 0.2) is 0 Å². The summed E-state index contributed by atoms with van der Waals surface area (Å²) in [5.74, 6) is 0. The van der Waals surface area contributed by atoms with Gasteiger partial charge in [-0.1, -0.05) is 15.9 Å². The van der Waals surface area contributed by atoms with Gasteiger partial charge in [0.05, 0.1) is 4.95 Å². The number of amides is 1. The van der Waals surface area contributed by atoms with Crippen LogP contribution in [0.25, 0.3) is 0 Å². The topological polar surface area (TPSA) is 40.5 Å². The number of likely N-dealkylation sites (tertiary alicyclic amines) is 1. The lowest BCUT2D eigenvalue weighted by Gasteiger charge is -2.29. The minimum Gasteiger partial charge on any atom is -0.465 e. The first-order chi connectivity index (χ1) is 4.72. The molecular weight excluding hydrogens is 198 g/mol. The summed E-state index contributed by atoms with van der Waals surface area (Å²) < 4.78 is 0. The second kappa shape index (κ2) is 3.23. The van der Waals surface area contributed by atoms with Crippen LogP contribution in [-0.4, -0.2) is 27.6 Å². The van der Waals surface area contributed by atoms with Crippen LogP contribution in [0.4, 0.5) is 4.79 Å². The molecule has 1 N–H and O–H groups in total. The van der Waals surface area contributed by atoms with E-state index in [2.05, 4.69) is 15.9 Å². The van der Waals surface area contributed by atoms with Gasteiger partial charge < -0.3 is 5.11 Å². The number of rotatable bonds is 0. The summed E-state index contributed by atoms with van der Waals surface area (Å²) >= 11 is 3.30. The predicted octanol–water partition coefficient (Wildman–Crippen LogP) is 1.87. The van der Waals surface area contributed by atoms with Crippen LogP contribution in [0.5, 0.6) is 0 Å². The summed E-state index contributed by atoms with van der Waals surface area (Å²) in [6, 6.07) is 0. The van der Waals surface area contributed by atoms with Gasteiger partial charge in [0.1, 0.15) is 0 Å². The van der Waals surface area contributed by atoms with Crippen LogP contribution in [-0.2, 0) is 0 Å². The number of carbonyl (C=O) groups is 1. The third-order valence-corrected chi connectivity index (χ3v) is 2.63. The molecule has 1 atom stereocenters. The zero-order chi connectivity index (χ0) is 7.56. The van der Waals surface area contributed by atoms with E-state index in [0.717, 1.165) is 19.3 Å². The number of halogens is 1. The van der Waals surface area contributed by atoms with E-state index in [-0.39, 0.29) is 4.95 Å². The van der Waals surface area contributed by atoms with E-state index in [0.29, 0.717) is 6.54 Å². The Morgan fingerprint density at radius 2 is 2.30 bits per heavy atom. The highest BCUT2D eigenvalue weighted by atomic mass is 79.9. The highest BCUT2D eigenvalue weighted by Gasteiger charge is 2.23. The number of carboxylic acid groups (broad SMARTS) is 1. The van der Waals surface area contributed by atoms with Gasteiger partial charge in [-0.25, -0.2) is 4.79 Å². The standard InChI is InChI=1S/C6H10BrNO2/c7-5-3-1-2-4-8(5)6(9)10/h5H,1-4H2,(H,9,10). The van der Waals surface area contributed by atoms with Gasteiger partial charge in [0.2, 0.25) is 0 Å². The first kappa shape index (κ1) is 7.85. The van der Waals surface area contributed by atoms with Crippen molar-refractivity contribution >= 4 is 22.0 Å². The molecule has 0 aromatic rings. The van der Waals surface area contributed by atoms with Crippen molar-refractivity contribution in [1.29, 1.82) is 0 Å². The van der Waals surface area contributed by atoms with Crippen molar-refractivity contribution in [2.75, 3.05) is 6.54 Å². The van der Waals surface area contributed by atoms with Crippen LogP contribution < -0.4 is 0 Å². The molecule has 1 heterocycles. The molecule has 1 unspecified atom stereocenters. The fourth-order valence-corrected chi connectivity index (χ4v) is 1.81. The van der Waals surface area contributed by atoms with Crippen molar-refractivity contribution in [3.05, 3.63) is 0 Å². The van der Waals surface area contributed by atoms with Crippen LogP contribution >= 0.6 is 15.9 Å². The number of hydrogen-bond acceptors (Lipinski definition) is 1. The molecule has 0 spiro atoms. The lowest BCUT2D eigenvalue weighted by atomic mass is 10.1. The third-order valence-electron chi connectivity index (χ3n) is 1.68. The molecule has 4 heteroatoms. The number of alkyl halides is 1. The molecule has 1 aliphatic rings. The predicted molar refractivity (Wildman–Crippen MR) is 41.3 cm³/mol. The fourth-order valence-electron chi connectivity index (χ4n) is 1.11. The molecule has 1 rings (SSSR count). The van der Waals surface area contributed by atoms with E-state index in [1.807, 2.05) is 0 Å². The Hall–Kier alpha value is -0.250. The van der Waals surface area contributed by atoms with Crippen molar-refractivity contribution < 1.29 is 9.90 Å². The van der Waals surface area contributed by atoms with Crippen molar-refractivity contribution in [2.45, 2.75) is 24.2 Å².